The van der Waals surface area contributed by atoms with Crippen molar-refractivity contribution in [3.8, 4) is 11.4 Å². The zero-order valence-corrected chi connectivity index (χ0v) is 15.1. The number of carbonyl (C=O) groups is 1. The van der Waals surface area contributed by atoms with Crippen molar-refractivity contribution in [2.24, 2.45) is 0 Å². The van der Waals surface area contributed by atoms with Gasteiger partial charge in [-0.1, -0.05) is 18.2 Å². The van der Waals surface area contributed by atoms with Crippen molar-refractivity contribution in [2.45, 2.75) is 6.92 Å². The molecule has 0 fully saturated rings. The number of hydrogen-bond donors (Lipinski definition) is 1. The van der Waals surface area contributed by atoms with E-state index >= 15 is 0 Å². The number of benzene rings is 3. The van der Waals surface area contributed by atoms with Gasteiger partial charge in [0.15, 0.2) is 6.61 Å². The molecule has 0 spiro atoms. The van der Waals surface area contributed by atoms with Crippen molar-refractivity contribution in [1.82, 2.24) is 15.0 Å². The van der Waals surface area contributed by atoms with Crippen LogP contribution in [-0.2, 0) is 4.79 Å². The summed E-state index contributed by atoms with van der Waals surface area (Å²) in [4.78, 5) is 13.7. The minimum absolute atomic E-state index is 0.200. The second-order valence-corrected chi connectivity index (χ2v) is 6.29. The number of fused-ring (bicyclic) bond motifs is 1. The molecule has 1 heterocycles. The summed E-state index contributed by atoms with van der Waals surface area (Å²) in [5.41, 5.74) is 3.69. The average Bonchev–Trinajstić information content (AvgIpc) is 3.13. The first-order chi connectivity index (χ1) is 13.6. The first kappa shape index (κ1) is 17.7. The zero-order valence-electron chi connectivity index (χ0n) is 15.1. The molecule has 0 aliphatic rings. The molecule has 0 aliphatic carbocycles. The van der Waals surface area contributed by atoms with Crippen LogP contribution in [0.2, 0.25) is 0 Å². The third-order valence-corrected chi connectivity index (χ3v) is 4.10. The second-order valence-electron chi connectivity index (χ2n) is 6.29. The molecule has 0 bridgehead atoms. The van der Waals surface area contributed by atoms with Crippen LogP contribution in [0.5, 0.6) is 5.75 Å². The molecule has 1 N–H and O–H groups in total. The van der Waals surface area contributed by atoms with Crippen molar-refractivity contribution < 1.29 is 13.9 Å². The van der Waals surface area contributed by atoms with E-state index in [0.717, 1.165) is 16.6 Å². The van der Waals surface area contributed by atoms with Crippen LogP contribution in [0.15, 0.2) is 66.7 Å². The number of ether oxygens (including phenoxy) is 1. The van der Waals surface area contributed by atoms with Crippen LogP contribution >= 0.6 is 0 Å². The third-order valence-electron chi connectivity index (χ3n) is 4.10. The number of amides is 1. The monoisotopic (exact) mass is 376 g/mol. The number of rotatable bonds is 5. The van der Waals surface area contributed by atoms with E-state index in [1.165, 1.54) is 29.1 Å². The molecule has 6 nitrogen and oxygen atoms in total. The van der Waals surface area contributed by atoms with Crippen LogP contribution in [0.4, 0.5) is 10.1 Å². The van der Waals surface area contributed by atoms with E-state index in [1.807, 2.05) is 43.3 Å². The van der Waals surface area contributed by atoms with Gasteiger partial charge in [0.25, 0.3) is 5.91 Å². The van der Waals surface area contributed by atoms with Crippen LogP contribution in [0.1, 0.15) is 5.56 Å². The van der Waals surface area contributed by atoms with Crippen LogP contribution in [0.3, 0.4) is 0 Å². The van der Waals surface area contributed by atoms with E-state index in [-0.39, 0.29) is 18.3 Å². The Kier molecular flexibility index (Phi) is 4.72. The largest absolute Gasteiger partial charge is 0.481 e. The molecular formula is C21H17FN4O2. The van der Waals surface area contributed by atoms with E-state index in [4.69, 9.17) is 4.74 Å². The number of aryl methyl sites for hydroxylation is 1. The Labute approximate surface area is 160 Å². The highest BCUT2D eigenvalue weighted by atomic mass is 19.1. The van der Waals surface area contributed by atoms with Crippen LogP contribution in [0, 0.1) is 12.7 Å². The van der Waals surface area contributed by atoms with Gasteiger partial charge >= 0.3 is 0 Å². The SMILES string of the molecule is Cc1ccc(OCC(=O)Nc2ccc(F)cc2)c(-n2nc3ccccc3n2)c1. The molecule has 0 atom stereocenters. The maximum Gasteiger partial charge on any atom is 0.262 e. The minimum Gasteiger partial charge on any atom is -0.481 e. The quantitative estimate of drug-likeness (QED) is 0.574. The average molecular weight is 376 g/mol. The number of nitrogens with one attached hydrogen (secondary N) is 1. The Balaban J connectivity index is 1.53. The van der Waals surface area contributed by atoms with Gasteiger partial charge in [-0.2, -0.15) is 0 Å². The number of anilines is 1. The smallest absolute Gasteiger partial charge is 0.262 e. The van der Waals surface area contributed by atoms with Gasteiger partial charge < -0.3 is 10.1 Å². The van der Waals surface area contributed by atoms with Crippen molar-refractivity contribution in [3.63, 3.8) is 0 Å². The summed E-state index contributed by atoms with van der Waals surface area (Å²) in [6, 6.07) is 18.7. The van der Waals surface area contributed by atoms with Crippen molar-refractivity contribution >= 4 is 22.6 Å². The highest BCUT2D eigenvalue weighted by molar-refractivity contribution is 5.91. The van der Waals surface area contributed by atoms with Crippen LogP contribution < -0.4 is 10.1 Å². The molecule has 7 heteroatoms. The van der Waals surface area contributed by atoms with Gasteiger partial charge in [0.05, 0.1) is 0 Å². The Morgan fingerprint density at radius 1 is 1.04 bits per heavy atom. The number of aromatic nitrogens is 3. The Morgan fingerprint density at radius 3 is 2.39 bits per heavy atom. The predicted octanol–water partition coefficient (Wildman–Crippen LogP) is 3.89. The second kappa shape index (κ2) is 7.48. The van der Waals surface area contributed by atoms with Crippen LogP contribution in [-0.4, -0.2) is 27.5 Å². The zero-order chi connectivity index (χ0) is 19.5. The number of halogens is 1. The van der Waals surface area contributed by atoms with Crippen molar-refractivity contribution in [3.05, 3.63) is 78.1 Å². The lowest BCUT2D eigenvalue weighted by molar-refractivity contribution is -0.118. The molecule has 1 amide bonds. The summed E-state index contributed by atoms with van der Waals surface area (Å²) in [6.45, 7) is 1.76. The molecule has 1 aromatic heterocycles. The summed E-state index contributed by atoms with van der Waals surface area (Å²) in [6.07, 6.45) is 0. The van der Waals surface area contributed by atoms with Crippen molar-refractivity contribution in [1.29, 1.82) is 0 Å². The summed E-state index contributed by atoms with van der Waals surface area (Å²) in [7, 11) is 0. The highest BCUT2D eigenvalue weighted by Gasteiger charge is 2.12. The summed E-state index contributed by atoms with van der Waals surface area (Å²) >= 11 is 0. The summed E-state index contributed by atoms with van der Waals surface area (Å²) in [5.74, 6) is -0.227. The number of nitrogens with zero attached hydrogens (tertiary/aromatic N) is 3. The van der Waals surface area contributed by atoms with E-state index in [9.17, 15) is 9.18 Å². The first-order valence-corrected chi connectivity index (χ1v) is 8.70. The molecule has 4 aromatic rings. The normalized spacial score (nSPS) is 10.8. The molecule has 3 aromatic carbocycles. The fourth-order valence-corrected chi connectivity index (χ4v) is 2.75. The van der Waals surface area contributed by atoms with E-state index < -0.39 is 0 Å². The molecule has 0 unspecified atom stereocenters. The summed E-state index contributed by atoms with van der Waals surface area (Å²) in [5, 5.41) is 11.6. The van der Waals surface area contributed by atoms with Gasteiger partial charge in [-0.15, -0.1) is 15.0 Å². The highest BCUT2D eigenvalue weighted by Crippen LogP contribution is 2.24. The number of hydrogen-bond acceptors (Lipinski definition) is 4. The Bertz CT molecular complexity index is 1110. The van der Waals surface area contributed by atoms with Crippen molar-refractivity contribution in [2.75, 3.05) is 11.9 Å². The molecule has 0 saturated carbocycles. The molecule has 4 rings (SSSR count). The van der Waals surface area contributed by atoms with E-state index in [0.29, 0.717) is 17.1 Å². The van der Waals surface area contributed by atoms with E-state index in [1.54, 1.807) is 6.07 Å². The van der Waals surface area contributed by atoms with E-state index in [2.05, 4.69) is 15.5 Å². The van der Waals surface area contributed by atoms with Gasteiger partial charge in [0.2, 0.25) is 0 Å². The minimum atomic E-state index is -0.363. The molecule has 0 saturated heterocycles. The Morgan fingerprint density at radius 2 is 1.71 bits per heavy atom. The number of carbonyl (C=O) groups excluding carboxylic acids is 1. The maximum atomic E-state index is 13.0. The molecular weight excluding hydrogens is 359 g/mol. The predicted molar refractivity (Wildman–Crippen MR) is 104 cm³/mol. The summed E-state index contributed by atoms with van der Waals surface area (Å²) < 4.78 is 18.7. The van der Waals surface area contributed by atoms with Gasteiger partial charge in [0, 0.05) is 5.69 Å². The van der Waals surface area contributed by atoms with Gasteiger partial charge in [0.1, 0.15) is 28.3 Å². The topological polar surface area (TPSA) is 69.0 Å². The molecule has 0 radical (unpaired) electrons. The maximum absolute atomic E-state index is 13.0. The lowest BCUT2D eigenvalue weighted by atomic mass is 10.2. The third kappa shape index (κ3) is 3.83. The van der Waals surface area contributed by atoms with Gasteiger partial charge in [-0.05, 0) is 61.0 Å². The van der Waals surface area contributed by atoms with Gasteiger partial charge in [-0.25, -0.2) is 4.39 Å². The fraction of sp³-hybridized carbons (Fsp3) is 0.0952. The van der Waals surface area contributed by atoms with Gasteiger partial charge in [-0.3, -0.25) is 4.79 Å². The molecule has 28 heavy (non-hydrogen) atoms. The Hall–Kier alpha value is -3.74. The standard InChI is InChI=1S/C21H17FN4O2/c1-14-6-11-20(28-13-21(27)23-16-9-7-15(22)8-10-16)19(12-14)26-24-17-4-2-3-5-18(17)25-26/h2-12H,13H2,1H3,(H,23,27). The van der Waals surface area contributed by atoms with Crippen LogP contribution in [0.25, 0.3) is 16.7 Å². The lowest BCUT2D eigenvalue weighted by Crippen LogP contribution is -2.20. The lowest BCUT2D eigenvalue weighted by Gasteiger charge is -2.12. The first-order valence-electron chi connectivity index (χ1n) is 8.70. The molecule has 140 valence electrons. The molecule has 0 aliphatic heterocycles. The fourth-order valence-electron chi connectivity index (χ4n) is 2.75.